The smallest absolute Gasteiger partial charge is 0.117 e. The molecule has 0 saturated carbocycles. The van der Waals surface area contributed by atoms with Crippen LogP contribution in [0.1, 0.15) is 30.0 Å². The number of pyridine rings is 1. The number of imidazole rings is 1. The van der Waals surface area contributed by atoms with Gasteiger partial charge in [-0.2, -0.15) is 0 Å². The normalized spacial score (nSPS) is 23.3. The van der Waals surface area contributed by atoms with Gasteiger partial charge >= 0.3 is 0 Å². The van der Waals surface area contributed by atoms with Crippen molar-refractivity contribution < 1.29 is 4.42 Å². The highest BCUT2D eigenvalue weighted by Gasteiger charge is 2.50. The number of nitrogens with zero attached hydrogens (tertiary/aromatic N) is 4. The Labute approximate surface area is 182 Å². The van der Waals surface area contributed by atoms with Gasteiger partial charge in [-0.1, -0.05) is 30.3 Å². The monoisotopic (exact) mass is 410 g/mol. The minimum absolute atomic E-state index is 0.129. The van der Waals surface area contributed by atoms with Crippen LogP contribution in [0.2, 0.25) is 0 Å². The van der Waals surface area contributed by atoms with Gasteiger partial charge in [-0.25, -0.2) is 4.98 Å². The number of aromatic nitrogens is 3. The average Bonchev–Trinajstić information content (AvgIpc) is 3.54. The number of fused-ring (bicyclic) bond motifs is 2. The Bertz CT molecular complexity index is 1150. The quantitative estimate of drug-likeness (QED) is 0.489. The Morgan fingerprint density at radius 1 is 1.00 bits per heavy atom. The third-order valence-corrected chi connectivity index (χ3v) is 7.28. The zero-order valence-corrected chi connectivity index (χ0v) is 17.5. The zero-order valence-electron chi connectivity index (χ0n) is 17.5. The average molecular weight is 411 g/mol. The summed E-state index contributed by atoms with van der Waals surface area (Å²) in [6.45, 7) is 2.86. The second-order valence-corrected chi connectivity index (χ2v) is 8.74. The molecule has 5 heteroatoms. The highest BCUT2D eigenvalue weighted by atomic mass is 16.3. The molecule has 1 saturated heterocycles. The maximum absolute atomic E-state index is 5.72. The fraction of sp³-hybridized carbons (Fsp3) is 0.308. The van der Waals surface area contributed by atoms with Crippen LogP contribution in [0.15, 0.2) is 83.9 Å². The summed E-state index contributed by atoms with van der Waals surface area (Å²) in [7, 11) is 0. The Morgan fingerprint density at radius 3 is 2.68 bits per heavy atom. The van der Waals surface area contributed by atoms with Gasteiger partial charge in [0, 0.05) is 42.4 Å². The summed E-state index contributed by atoms with van der Waals surface area (Å²) in [6, 6.07) is 19.7. The predicted molar refractivity (Wildman–Crippen MR) is 119 cm³/mol. The lowest BCUT2D eigenvalue weighted by molar-refractivity contribution is 0.167. The van der Waals surface area contributed by atoms with Crippen LogP contribution < -0.4 is 0 Å². The molecule has 0 bridgehead atoms. The van der Waals surface area contributed by atoms with Gasteiger partial charge < -0.3 is 8.98 Å². The predicted octanol–water partition coefficient (Wildman–Crippen LogP) is 4.70. The standard InChI is InChI=1S/C26H26N4O/c1-2-5-21(6-3-1)26-11-8-25-28-17-23(20-9-13-27-14-10-20)30(25)19-24(26)29(15-12-26)18-22-7-4-16-31-22/h1-7,9-10,13-14,16-17,24H,8,11-12,15,18-19H2/t24-,26-/m0/s1. The van der Waals surface area contributed by atoms with Crippen molar-refractivity contribution in [1.82, 2.24) is 19.4 Å². The van der Waals surface area contributed by atoms with Gasteiger partial charge in [0.25, 0.3) is 0 Å². The number of likely N-dealkylation sites (tertiary alicyclic amines) is 1. The van der Waals surface area contributed by atoms with Crippen molar-refractivity contribution in [3.63, 3.8) is 0 Å². The molecule has 3 aromatic heterocycles. The highest BCUT2D eigenvalue weighted by molar-refractivity contribution is 5.58. The lowest BCUT2D eigenvalue weighted by atomic mass is 9.71. The van der Waals surface area contributed by atoms with E-state index < -0.39 is 0 Å². The van der Waals surface area contributed by atoms with E-state index in [1.54, 1.807) is 6.26 Å². The van der Waals surface area contributed by atoms with E-state index in [0.717, 1.165) is 44.7 Å². The molecule has 1 aromatic carbocycles. The minimum Gasteiger partial charge on any atom is -0.468 e. The molecule has 156 valence electrons. The first-order valence-corrected chi connectivity index (χ1v) is 11.1. The minimum atomic E-state index is 0.129. The molecule has 31 heavy (non-hydrogen) atoms. The van der Waals surface area contributed by atoms with Crippen LogP contribution in [0.4, 0.5) is 0 Å². The molecule has 4 aromatic rings. The summed E-state index contributed by atoms with van der Waals surface area (Å²) in [5.41, 5.74) is 3.95. The van der Waals surface area contributed by atoms with Crippen LogP contribution >= 0.6 is 0 Å². The first-order valence-electron chi connectivity index (χ1n) is 11.1. The van der Waals surface area contributed by atoms with E-state index >= 15 is 0 Å². The van der Waals surface area contributed by atoms with Crippen molar-refractivity contribution in [2.75, 3.05) is 6.54 Å². The van der Waals surface area contributed by atoms with Crippen molar-refractivity contribution in [3.8, 4) is 11.3 Å². The molecule has 5 nitrogen and oxygen atoms in total. The Hall–Kier alpha value is -3.18. The van der Waals surface area contributed by atoms with Crippen molar-refractivity contribution in [3.05, 3.63) is 96.6 Å². The van der Waals surface area contributed by atoms with Gasteiger partial charge in [0.15, 0.2) is 0 Å². The zero-order chi connectivity index (χ0) is 20.7. The number of furan rings is 1. The summed E-state index contributed by atoms with van der Waals surface area (Å²) in [5, 5.41) is 0. The summed E-state index contributed by atoms with van der Waals surface area (Å²) >= 11 is 0. The summed E-state index contributed by atoms with van der Waals surface area (Å²) < 4.78 is 8.17. The number of hydrogen-bond acceptors (Lipinski definition) is 4. The first kappa shape index (κ1) is 18.6. The molecule has 2 atom stereocenters. The van der Waals surface area contributed by atoms with Crippen molar-refractivity contribution >= 4 is 0 Å². The lowest BCUT2D eigenvalue weighted by Crippen LogP contribution is -2.44. The maximum atomic E-state index is 5.72. The molecule has 1 fully saturated rings. The number of rotatable bonds is 4. The van der Waals surface area contributed by atoms with E-state index in [9.17, 15) is 0 Å². The van der Waals surface area contributed by atoms with E-state index in [4.69, 9.17) is 9.40 Å². The van der Waals surface area contributed by atoms with Gasteiger partial charge in [0.2, 0.25) is 0 Å². The van der Waals surface area contributed by atoms with Crippen LogP contribution in [0.25, 0.3) is 11.3 Å². The van der Waals surface area contributed by atoms with E-state index in [-0.39, 0.29) is 5.41 Å². The Balaban J connectivity index is 1.43. The highest BCUT2D eigenvalue weighted by Crippen LogP contribution is 2.47. The van der Waals surface area contributed by atoms with Crippen LogP contribution in [0.3, 0.4) is 0 Å². The van der Waals surface area contributed by atoms with Crippen LogP contribution in [0, 0.1) is 0 Å². The van der Waals surface area contributed by atoms with Gasteiger partial charge in [0.1, 0.15) is 11.6 Å². The molecular weight excluding hydrogens is 384 g/mol. The third-order valence-electron chi connectivity index (χ3n) is 7.28. The topological polar surface area (TPSA) is 47.1 Å². The summed E-state index contributed by atoms with van der Waals surface area (Å²) in [5.74, 6) is 2.22. The third kappa shape index (κ3) is 3.12. The molecule has 5 heterocycles. The fourth-order valence-corrected chi connectivity index (χ4v) is 5.72. The molecule has 0 spiro atoms. The Kier molecular flexibility index (Phi) is 4.50. The molecule has 0 N–H and O–H groups in total. The van der Waals surface area contributed by atoms with Crippen molar-refractivity contribution in [2.45, 2.75) is 43.8 Å². The molecule has 6 rings (SSSR count). The molecule has 2 aliphatic rings. The lowest BCUT2D eigenvalue weighted by Gasteiger charge is -2.37. The fourth-order valence-electron chi connectivity index (χ4n) is 5.72. The van der Waals surface area contributed by atoms with E-state index in [0.29, 0.717) is 6.04 Å². The molecule has 0 aliphatic carbocycles. The number of benzene rings is 1. The van der Waals surface area contributed by atoms with Crippen LogP contribution in [-0.2, 0) is 24.9 Å². The number of aryl methyl sites for hydroxylation is 1. The second-order valence-electron chi connectivity index (χ2n) is 8.74. The van der Waals surface area contributed by atoms with E-state index in [2.05, 4.69) is 63.0 Å². The number of hydrogen-bond donors (Lipinski definition) is 0. The molecule has 0 unspecified atom stereocenters. The van der Waals surface area contributed by atoms with Gasteiger partial charge in [0.05, 0.1) is 24.7 Å². The summed E-state index contributed by atoms with van der Waals surface area (Å²) in [4.78, 5) is 11.7. The Morgan fingerprint density at radius 2 is 1.87 bits per heavy atom. The van der Waals surface area contributed by atoms with Gasteiger partial charge in [-0.15, -0.1) is 0 Å². The van der Waals surface area contributed by atoms with Crippen molar-refractivity contribution in [1.29, 1.82) is 0 Å². The first-order chi connectivity index (χ1) is 15.3. The van der Waals surface area contributed by atoms with Gasteiger partial charge in [-0.05, 0) is 49.2 Å². The maximum Gasteiger partial charge on any atom is 0.117 e. The molecular formula is C26H26N4O. The van der Waals surface area contributed by atoms with Gasteiger partial charge in [-0.3, -0.25) is 9.88 Å². The molecule has 0 radical (unpaired) electrons. The largest absolute Gasteiger partial charge is 0.468 e. The van der Waals surface area contributed by atoms with Crippen LogP contribution in [-0.4, -0.2) is 32.0 Å². The van der Waals surface area contributed by atoms with E-state index in [1.807, 2.05) is 24.7 Å². The molecule has 2 aliphatic heterocycles. The van der Waals surface area contributed by atoms with Crippen molar-refractivity contribution in [2.24, 2.45) is 0 Å². The molecule has 0 amide bonds. The SMILES string of the molecule is c1ccc([C@@]23CCc4ncc(-c5ccncc5)n4C[C@@H]2N(Cc2ccco2)CC3)cc1. The van der Waals surface area contributed by atoms with Crippen LogP contribution in [0.5, 0.6) is 0 Å². The summed E-state index contributed by atoms with van der Waals surface area (Å²) in [6.07, 6.45) is 10.8. The second kappa shape index (κ2) is 7.50. The van der Waals surface area contributed by atoms with E-state index in [1.165, 1.54) is 22.6 Å².